The molecule has 0 fully saturated rings. The summed E-state index contributed by atoms with van der Waals surface area (Å²) in [6.07, 6.45) is 0. The van der Waals surface area contributed by atoms with Gasteiger partial charge in [-0.25, -0.2) is 4.79 Å². The van der Waals surface area contributed by atoms with Gasteiger partial charge < -0.3 is 4.74 Å². The second-order valence-electron chi connectivity index (χ2n) is 3.03. The predicted molar refractivity (Wildman–Crippen MR) is 57.0 cm³/mol. The SMILES string of the molecule is COC(=O)COS(=O)(=O)Cc1ccccc1. The average Bonchev–Trinajstić information content (AvgIpc) is 2.27. The third kappa shape index (κ3) is 4.41. The number of carbonyl (C=O) groups is 1. The number of carbonyl (C=O) groups excluding carboxylic acids is 1. The monoisotopic (exact) mass is 244 g/mol. The van der Waals surface area contributed by atoms with E-state index in [0.717, 1.165) is 7.11 Å². The van der Waals surface area contributed by atoms with Gasteiger partial charge in [0.15, 0.2) is 6.61 Å². The molecule has 0 N–H and O–H groups in total. The van der Waals surface area contributed by atoms with Crippen LogP contribution >= 0.6 is 0 Å². The van der Waals surface area contributed by atoms with Crippen molar-refractivity contribution in [2.75, 3.05) is 13.7 Å². The lowest BCUT2D eigenvalue weighted by molar-refractivity contribution is -0.142. The Morgan fingerprint density at radius 3 is 2.44 bits per heavy atom. The fourth-order valence-corrected chi connectivity index (χ4v) is 1.98. The maximum atomic E-state index is 11.4. The zero-order valence-corrected chi connectivity index (χ0v) is 9.57. The van der Waals surface area contributed by atoms with Gasteiger partial charge in [0.05, 0.1) is 7.11 Å². The number of benzene rings is 1. The van der Waals surface area contributed by atoms with Gasteiger partial charge in [-0.2, -0.15) is 8.42 Å². The standard InChI is InChI=1S/C10H12O5S/c1-14-10(11)7-15-16(12,13)8-9-5-3-2-4-6-9/h2-6H,7-8H2,1H3. The predicted octanol–water partition coefficient (Wildman–Crippen LogP) is 0.706. The molecule has 0 aliphatic carbocycles. The van der Waals surface area contributed by atoms with Gasteiger partial charge in [0.25, 0.3) is 10.1 Å². The molecule has 0 atom stereocenters. The number of hydrogen-bond acceptors (Lipinski definition) is 5. The Morgan fingerprint density at radius 1 is 1.25 bits per heavy atom. The molecule has 0 saturated heterocycles. The van der Waals surface area contributed by atoms with Gasteiger partial charge in [0.1, 0.15) is 5.75 Å². The van der Waals surface area contributed by atoms with Gasteiger partial charge in [-0.05, 0) is 5.56 Å². The Labute approximate surface area is 94.1 Å². The minimum Gasteiger partial charge on any atom is -0.467 e. The molecule has 6 heteroatoms. The van der Waals surface area contributed by atoms with Crippen LogP contribution in [0.4, 0.5) is 0 Å². The van der Waals surface area contributed by atoms with E-state index in [2.05, 4.69) is 8.92 Å². The molecule has 0 aliphatic rings. The molecule has 1 aromatic carbocycles. The summed E-state index contributed by atoms with van der Waals surface area (Å²) in [6, 6.07) is 8.57. The molecule has 0 aromatic heterocycles. The number of hydrogen-bond donors (Lipinski definition) is 0. The van der Waals surface area contributed by atoms with Crippen molar-refractivity contribution in [3.63, 3.8) is 0 Å². The lowest BCUT2D eigenvalue weighted by Gasteiger charge is -2.04. The third-order valence-corrected chi connectivity index (χ3v) is 2.93. The van der Waals surface area contributed by atoms with Gasteiger partial charge in [-0.1, -0.05) is 30.3 Å². The van der Waals surface area contributed by atoms with E-state index in [4.69, 9.17) is 0 Å². The van der Waals surface area contributed by atoms with Crippen molar-refractivity contribution in [2.24, 2.45) is 0 Å². The Morgan fingerprint density at radius 2 is 1.88 bits per heavy atom. The van der Waals surface area contributed by atoms with E-state index in [0.29, 0.717) is 5.56 Å². The number of ether oxygens (including phenoxy) is 1. The summed E-state index contributed by atoms with van der Waals surface area (Å²) in [5, 5.41) is 0. The van der Waals surface area contributed by atoms with Gasteiger partial charge >= 0.3 is 5.97 Å². The highest BCUT2D eigenvalue weighted by Gasteiger charge is 2.14. The summed E-state index contributed by atoms with van der Waals surface area (Å²) in [4.78, 5) is 10.7. The molecule has 16 heavy (non-hydrogen) atoms. The quantitative estimate of drug-likeness (QED) is 0.563. The Hall–Kier alpha value is -1.40. The Bertz CT molecular complexity index is 438. The number of esters is 1. The van der Waals surface area contributed by atoms with Crippen LogP contribution in [0.2, 0.25) is 0 Å². The molecule has 0 amide bonds. The fourth-order valence-electron chi connectivity index (χ4n) is 1.02. The van der Waals surface area contributed by atoms with Crippen LogP contribution in [0.3, 0.4) is 0 Å². The first kappa shape index (κ1) is 12.7. The molecular weight excluding hydrogens is 232 g/mol. The molecule has 88 valence electrons. The summed E-state index contributed by atoms with van der Waals surface area (Å²) in [5.41, 5.74) is 0.604. The van der Waals surface area contributed by atoms with Gasteiger partial charge in [-0.3, -0.25) is 4.18 Å². The molecule has 0 heterocycles. The summed E-state index contributed by atoms with van der Waals surface area (Å²) in [5.74, 6) is -0.984. The zero-order valence-electron chi connectivity index (χ0n) is 8.75. The van der Waals surface area contributed by atoms with Crippen LogP contribution < -0.4 is 0 Å². The van der Waals surface area contributed by atoms with Crippen molar-refractivity contribution in [1.29, 1.82) is 0 Å². The van der Waals surface area contributed by atoms with Crippen molar-refractivity contribution < 1.29 is 22.1 Å². The van der Waals surface area contributed by atoms with Crippen molar-refractivity contribution >= 4 is 16.1 Å². The highest BCUT2D eigenvalue weighted by molar-refractivity contribution is 7.85. The first-order chi connectivity index (χ1) is 7.53. The van der Waals surface area contributed by atoms with E-state index in [-0.39, 0.29) is 5.75 Å². The van der Waals surface area contributed by atoms with E-state index in [1.54, 1.807) is 30.3 Å². The van der Waals surface area contributed by atoms with Crippen LogP contribution in [0.25, 0.3) is 0 Å². The topological polar surface area (TPSA) is 69.7 Å². The van der Waals surface area contributed by atoms with E-state index < -0.39 is 22.7 Å². The van der Waals surface area contributed by atoms with Crippen LogP contribution in [-0.2, 0) is 29.6 Å². The van der Waals surface area contributed by atoms with Gasteiger partial charge in [0.2, 0.25) is 0 Å². The second kappa shape index (κ2) is 5.62. The summed E-state index contributed by atoms with van der Waals surface area (Å²) in [7, 11) is -2.58. The molecule has 0 unspecified atom stereocenters. The molecule has 1 aromatic rings. The van der Waals surface area contributed by atoms with Crippen molar-refractivity contribution in [2.45, 2.75) is 5.75 Å². The highest BCUT2D eigenvalue weighted by atomic mass is 32.2. The molecule has 0 radical (unpaired) electrons. The summed E-state index contributed by atoms with van der Waals surface area (Å²) in [6.45, 7) is -0.592. The number of methoxy groups -OCH3 is 1. The van der Waals surface area contributed by atoms with E-state index in [9.17, 15) is 13.2 Å². The van der Waals surface area contributed by atoms with Gasteiger partial charge in [0, 0.05) is 0 Å². The van der Waals surface area contributed by atoms with Crippen LogP contribution in [-0.4, -0.2) is 28.1 Å². The van der Waals surface area contributed by atoms with Crippen LogP contribution in [0.5, 0.6) is 0 Å². The minimum atomic E-state index is -3.74. The molecular formula is C10H12O5S. The zero-order chi connectivity index (χ0) is 12.0. The van der Waals surface area contributed by atoms with E-state index >= 15 is 0 Å². The van der Waals surface area contributed by atoms with Crippen molar-refractivity contribution in [3.8, 4) is 0 Å². The Kier molecular flexibility index (Phi) is 4.45. The van der Waals surface area contributed by atoms with Crippen LogP contribution in [0, 0.1) is 0 Å². The third-order valence-electron chi connectivity index (χ3n) is 1.77. The summed E-state index contributed by atoms with van der Waals surface area (Å²) >= 11 is 0. The molecule has 5 nitrogen and oxygen atoms in total. The summed E-state index contributed by atoms with van der Waals surface area (Å²) < 4.78 is 31.5. The van der Waals surface area contributed by atoms with Crippen LogP contribution in [0.15, 0.2) is 30.3 Å². The smallest absolute Gasteiger partial charge is 0.333 e. The lowest BCUT2D eigenvalue weighted by Crippen LogP contribution is -2.16. The van der Waals surface area contributed by atoms with E-state index in [1.807, 2.05) is 0 Å². The molecule has 0 saturated carbocycles. The maximum absolute atomic E-state index is 11.4. The first-order valence-corrected chi connectivity index (χ1v) is 6.09. The lowest BCUT2D eigenvalue weighted by atomic mass is 10.2. The average molecular weight is 244 g/mol. The fraction of sp³-hybridized carbons (Fsp3) is 0.300. The largest absolute Gasteiger partial charge is 0.467 e. The van der Waals surface area contributed by atoms with Crippen LogP contribution in [0.1, 0.15) is 5.56 Å². The normalized spacial score (nSPS) is 11.1. The molecule has 1 rings (SSSR count). The molecule has 0 bridgehead atoms. The Balaban J connectivity index is 2.56. The van der Waals surface area contributed by atoms with Gasteiger partial charge in [-0.15, -0.1) is 0 Å². The maximum Gasteiger partial charge on any atom is 0.333 e. The molecule has 0 spiro atoms. The second-order valence-corrected chi connectivity index (χ2v) is 4.67. The first-order valence-electron chi connectivity index (χ1n) is 4.51. The van der Waals surface area contributed by atoms with Crippen molar-refractivity contribution in [3.05, 3.63) is 35.9 Å². The van der Waals surface area contributed by atoms with E-state index in [1.165, 1.54) is 0 Å². The molecule has 0 aliphatic heterocycles. The minimum absolute atomic E-state index is 0.259. The van der Waals surface area contributed by atoms with Crippen molar-refractivity contribution in [1.82, 2.24) is 0 Å². The highest BCUT2D eigenvalue weighted by Crippen LogP contribution is 2.06. The number of rotatable bonds is 5.